The molecule has 0 aliphatic rings. The molecular formula is C14H23ClN2O2. The van der Waals surface area contributed by atoms with Gasteiger partial charge in [0.05, 0.1) is 6.61 Å². The van der Waals surface area contributed by atoms with Gasteiger partial charge in [-0.3, -0.25) is 4.79 Å². The maximum Gasteiger partial charge on any atom is 0.221 e. The van der Waals surface area contributed by atoms with Crippen LogP contribution >= 0.6 is 12.4 Å². The zero-order valence-corrected chi connectivity index (χ0v) is 12.3. The molecule has 0 saturated heterocycles. The predicted molar refractivity (Wildman–Crippen MR) is 79.6 cm³/mol. The van der Waals surface area contributed by atoms with Gasteiger partial charge in [0.15, 0.2) is 0 Å². The van der Waals surface area contributed by atoms with E-state index >= 15 is 0 Å². The number of ether oxygens (including phenoxy) is 1. The molecule has 1 aromatic rings. The van der Waals surface area contributed by atoms with Crippen molar-refractivity contribution in [3.63, 3.8) is 0 Å². The Bertz CT molecular complexity index is 366. The number of benzene rings is 1. The number of carbonyl (C=O) groups excluding carboxylic acids is 1. The van der Waals surface area contributed by atoms with E-state index in [9.17, 15) is 4.79 Å². The third kappa shape index (κ3) is 7.70. The van der Waals surface area contributed by atoms with Crippen molar-refractivity contribution in [3.8, 4) is 5.75 Å². The van der Waals surface area contributed by atoms with Crippen molar-refractivity contribution in [3.05, 3.63) is 29.8 Å². The Labute approximate surface area is 121 Å². The fraction of sp³-hybridized carbons (Fsp3) is 0.500. The van der Waals surface area contributed by atoms with Gasteiger partial charge in [-0.2, -0.15) is 0 Å². The molecule has 0 heterocycles. The maximum atomic E-state index is 11.4. The number of nitrogens with two attached hydrogens (primary N) is 1. The van der Waals surface area contributed by atoms with E-state index in [0.717, 1.165) is 24.3 Å². The monoisotopic (exact) mass is 286 g/mol. The molecule has 0 aromatic heterocycles. The molecule has 0 aliphatic carbocycles. The molecule has 4 nitrogen and oxygen atoms in total. The molecular weight excluding hydrogens is 264 g/mol. The van der Waals surface area contributed by atoms with Gasteiger partial charge in [0, 0.05) is 19.0 Å². The zero-order valence-electron chi connectivity index (χ0n) is 11.5. The van der Waals surface area contributed by atoms with Crippen LogP contribution in [0.2, 0.25) is 0 Å². The first-order valence-electron chi connectivity index (χ1n) is 6.35. The van der Waals surface area contributed by atoms with Gasteiger partial charge in [0.1, 0.15) is 5.75 Å². The summed E-state index contributed by atoms with van der Waals surface area (Å²) in [6.45, 7) is 5.14. The predicted octanol–water partition coefficient (Wildman–Crippen LogP) is 2.25. The van der Waals surface area contributed by atoms with E-state index in [1.54, 1.807) is 0 Å². The van der Waals surface area contributed by atoms with Crippen molar-refractivity contribution >= 4 is 18.3 Å². The van der Waals surface area contributed by atoms with Crippen LogP contribution in [0.25, 0.3) is 0 Å². The van der Waals surface area contributed by atoms with Crippen LogP contribution in [0, 0.1) is 0 Å². The van der Waals surface area contributed by atoms with Crippen LogP contribution in [0.1, 0.15) is 32.3 Å². The molecule has 0 saturated carbocycles. The highest BCUT2D eigenvalue weighted by Gasteiger charge is 2.04. The molecule has 3 N–H and O–H groups in total. The molecule has 0 radical (unpaired) electrons. The topological polar surface area (TPSA) is 64.3 Å². The van der Waals surface area contributed by atoms with Crippen molar-refractivity contribution in [1.29, 1.82) is 0 Å². The molecule has 0 aliphatic heterocycles. The summed E-state index contributed by atoms with van der Waals surface area (Å²) in [5, 5.41) is 2.83. The van der Waals surface area contributed by atoms with Crippen LogP contribution in [0.4, 0.5) is 0 Å². The summed E-state index contributed by atoms with van der Waals surface area (Å²) < 4.78 is 5.48. The Morgan fingerprint density at radius 2 is 2.00 bits per heavy atom. The summed E-state index contributed by atoms with van der Waals surface area (Å²) in [5.74, 6) is 0.846. The molecule has 0 bridgehead atoms. The van der Waals surface area contributed by atoms with Gasteiger partial charge in [-0.15, -0.1) is 12.4 Å². The van der Waals surface area contributed by atoms with Crippen molar-refractivity contribution in [2.24, 2.45) is 5.73 Å². The minimum Gasteiger partial charge on any atom is -0.494 e. The largest absolute Gasteiger partial charge is 0.494 e. The molecule has 1 atom stereocenters. The molecule has 1 aromatic carbocycles. The number of rotatable bonds is 7. The average Bonchev–Trinajstić information content (AvgIpc) is 2.34. The Morgan fingerprint density at radius 3 is 2.53 bits per heavy atom. The number of carbonyl (C=O) groups is 1. The summed E-state index contributed by atoms with van der Waals surface area (Å²) in [4.78, 5) is 11.4. The summed E-state index contributed by atoms with van der Waals surface area (Å²) in [5.41, 5.74) is 6.60. The number of halogens is 1. The highest BCUT2D eigenvalue weighted by atomic mass is 35.5. The Hall–Kier alpha value is -1.26. The molecule has 0 spiro atoms. The van der Waals surface area contributed by atoms with Gasteiger partial charge in [-0.1, -0.05) is 19.1 Å². The molecule has 1 amide bonds. The van der Waals surface area contributed by atoms with Crippen molar-refractivity contribution in [2.75, 3.05) is 6.61 Å². The lowest BCUT2D eigenvalue weighted by Crippen LogP contribution is -2.29. The first-order chi connectivity index (χ1) is 8.61. The first kappa shape index (κ1) is 17.7. The van der Waals surface area contributed by atoms with Gasteiger partial charge in [0.25, 0.3) is 0 Å². The van der Waals surface area contributed by atoms with Crippen molar-refractivity contribution < 1.29 is 9.53 Å². The van der Waals surface area contributed by atoms with Crippen LogP contribution < -0.4 is 15.8 Å². The highest BCUT2D eigenvalue weighted by molar-refractivity contribution is 5.85. The van der Waals surface area contributed by atoms with Gasteiger partial charge in [-0.05, 0) is 31.0 Å². The highest BCUT2D eigenvalue weighted by Crippen LogP contribution is 2.12. The summed E-state index contributed by atoms with van der Waals surface area (Å²) in [6.07, 6.45) is 1.35. The van der Waals surface area contributed by atoms with E-state index < -0.39 is 0 Å². The molecule has 19 heavy (non-hydrogen) atoms. The smallest absolute Gasteiger partial charge is 0.221 e. The van der Waals surface area contributed by atoms with E-state index in [-0.39, 0.29) is 24.4 Å². The number of nitrogens with one attached hydrogen (secondary N) is 1. The quantitative estimate of drug-likeness (QED) is 0.808. The van der Waals surface area contributed by atoms with Crippen LogP contribution in [0.15, 0.2) is 24.3 Å². The van der Waals surface area contributed by atoms with E-state index in [1.807, 2.05) is 31.2 Å². The average molecular weight is 287 g/mol. The second kappa shape index (κ2) is 9.64. The van der Waals surface area contributed by atoms with Crippen LogP contribution in [0.5, 0.6) is 5.75 Å². The van der Waals surface area contributed by atoms with Crippen molar-refractivity contribution in [2.45, 2.75) is 39.3 Å². The Balaban J connectivity index is 0.00000324. The first-order valence-corrected chi connectivity index (χ1v) is 6.35. The Morgan fingerprint density at radius 1 is 1.37 bits per heavy atom. The maximum absolute atomic E-state index is 11.4. The Kier molecular flexibility index (Phi) is 9.00. The fourth-order valence-corrected chi connectivity index (χ4v) is 1.49. The lowest BCUT2D eigenvalue weighted by Gasteiger charge is -2.08. The SMILES string of the molecule is CCCOc1ccc(CNC(=O)CC(C)N)cc1.Cl. The summed E-state index contributed by atoms with van der Waals surface area (Å²) in [6, 6.07) is 7.65. The van der Waals surface area contributed by atoms with Crippen LogP contribution in [0.3, 0.4) is 0 Å². The van der Waals surface area contributed by atoms with Crippen LogP contribution in [-0.2, 0) is 11.3 Å². The summed E-state index contributed by atoms with van der Waals surface area (Å²) >= 11 is 0. The standard InChI is InChI=1S/C14H22N2O2.ClH/c1-3-8-18-13-6-4-12(5-7-13)10-16-14(17)9-11(2)15;/h4-7,11H,3,8-10,15H2,1-2H3,(H,16,17);1H. The number of hydrogen-bond acceptors (Lipinski definition) is 3. The molecule has 1 rings (SSSR count). The minimum absolute atomic E-state index is 0. The van der Waals surface area contributed by atoms with Gasteiger partial charge >= 0.3 is 0 Å². The molecule has 5 heteroatoms. The minimum atomic E-state index is -0.102. The lowest BCUT2D eigenvalue weighted by atomic mass is 10.2. The molecule has 108 valence electrons. The van der Waals surface area contributed by atoms with Gasteiger partial charge in [0.2, 0.25) is 5.91 Å². The lowest BCUT2D eigenvalue weighted by molar-refractivity contribution is -0.121. The number of hydrogen-bond donors (Lipinski definition) is 2. The molecule has 1 unspecified atom stereocenters. The second-order valence-electron chi connectivity index (χ2n) is 4.45. The van der Waals surface area contributed by atoms with E-state index in [2.05, 4.69) is 12.2 Å². The second-order valence-corrected chi connectivity index (χ2v) is 4.45. The summed E-state index contributed by atoms with van der Waals surface area (Å²) in [7, 11) is 0. The van der Waals surface area contributed by atoms with E-state index in [0.29, 0.717) is 13.0 Å². The normalized spacial score (nSPS) is 11.3. The third-order valence-corrected chi connectivity index (χ3v) is 2.39. The van der Waals surface area contributed by atoms with Gasteiger partial charge in [-0.25, -0.2) is 0 Å². The third-order valence-electron chi connectivity index (χ3n) is 2.39. The zero-order chi connectivity index (χ0) is 13.4. The molecule has 0 fully saturated rings. The van der Waals surface area contributed by atoms with Gasteiger partial charge < -0.3 is 15.8 Å². The van der Waals surface area contributed by atoms with E-state index in [4.69, 9.17) is 10.5 Å². The van der Waals surface area contributed by atoms with Crippen LogP contribution in [-0.4, -0.2) is 18.6 Å². The van der Waals surface area contributed by atoms with E-state index in [1.165, 1.54) is 0 Å². The van der Waals surface area contributed by atoms with Crippen molar-refractivity contribution in [1.82, 2.24) is 5.32 Å². The number of amides is 1. The fourth-order valence-electron chi connectivity index (χ4n) is 1.49.